The minimum atomic E-state index is -0.187. The molecular weight excluding hydrogens is 426 g/mol. The van der Waals surface area contributed by atoms with E-state index in [-0.39, 0.29) is 5.41 Å². The lowest BCUT2D eigenvalue weighted by molar-refractivity contribution is -0.695. The molecule has 0 spiro atoms. The maximum atomic E-state index is 2.34. The molecule has 3 aromatic heterocycles. The van der Waals surface area contributed by atoms with E-state index in [9.17, 15) is 0 Å². The average Bonchev–Trinajstić information content (AvgIpc) is 2.84. The number of nitrogens with zero attached hydrogens (tertiary/aromatic N) is 3. The topological polar surface area (TPSA) is 11.6 Å². The number of hydrogen-bond acceptors (Lipinski definition) is 0. The van der Waals surface area contributed by atoms with Gasteiger partial charge in [0.15, 0.2) is 18.1 Å². The Labute approximate surface area is 208 Å². The highest BCUT2D eigenvalue weighted by molar-refractivity contribution is 5.84. The molecule has 0 aliphatic heterocycles. The SMILES string of the molecule is Cc1c(-c2cc3ccccc3c[n+]2C)cccc1C(C)(C)c1cccc(-c2cccc[n+]2C)[n+]1C. The van der Waals surface area contributed by atoms with E-state index in [0.29, 0.717) is 0 Å². The fraction of sp³-hybridized carbons (Fsp3) is 0.219. The summed E-state index contributed by atoms with van der Waals surface area (Å²) in [5.41, 5.74) is 8.66. The first-order valence-corrected chi connectivity index (χ1v) is 12.2. The van der Waals surface area contributed by atoms with E-state index in [0.717, 1.165) is 0 Å². The predicted molar refractivity (Wildman–Crippen MR) is 142 cm³/mol. The molecule has 0 saturated heterocycles. The van der Waals surface area contributed by atoms with Gasteiger partial charge in [0.25, 0.3) is 11.4 Å². The molecule has 0 bridgehead atoms. The summed E-state index contributed by atoms with van der Waals surface area (Å²) in [7, 11) is 6.43. The van der Waals surface area contributed by atoms with E-state index in [1.54, 1.807) is 0 Å². The van der Waals surface area contributed by atoms with Crippen LogP contribution in [0.15, 0.2) is 97.3 Å². The Kier molecular flexibility index (Phi) is 5.72. The smallest absolute Gasteiger partial charge is 0.200 e. The van der Waals surface area contributed by atoms with Gasteiger partial charge in [-0.05, 0) is 61.5 Å². The highest BCUT2D eigenvalue weighted by atomic mass is 15.0. The lowest BCUT2D eigenvalue weighted by atomic mass is 9.77. The number of aromatic nitrogens is 3. The minimum Gasteiger partial charge on any atom is -0.200 e. The Morgan fingerprint density at radius 2 is 1.31 bits per heavy atom. The Hall–Kier alpha value is -3.85. The Balaban J connectivity index is 1.66. The van der Waals surface area contributed by atoms with Gasteiger partial charge in [-0.1, -0.05) is 30.3 Å². The van der Waals surface area contributed by atoms with Crippen LogP contribution in [0.4, 0.5) is 0 Å². The zero-order valence-electron chi connectivity index (χ0n) is 21.6. The van der Waals surface area contributed by atoms with E-state index in [2.05, 4.69) is 153 Å². The van der Waals surface area contributed by atoms with E-state index < -0.39 is 0 Å². The van der Waals surface area contributed by atoms with Crippen LogP contribution < -0.4 is 13.7 Å². The second-order valence-electron chi connectivity index (χ2n) is 10.1. The maximum Gasteiger partial charge on any atom is 0.277 e. The van der Waals surface area contributed by atoms with Crippen LogP contribution in [-0.2, 0) is 26.6 Å². The second-order valence-corrected chi connectivity index (χ2v) is 10.1. The maximum absolute atomic E-state index is 2.34. The summed E-state index contributed by atoms with van der Waals surface area (Å²) in [6.45, 7) is 6.94. The minimum absolute atomic E-state index is 0.187. The summed E-state index contributed by atoms with van der Waals surface area (Å²) in [6.07, 6.45) is 4.33. The second kappa shape index (κ2) is 8.74. The van der Waals surface area contributed by atoms with Crippen molar-refractivity contribution in [2.24, 2.45) is 21.1 Å². The molecule has 5 aromatic rings. The van der Waals surface area contributed by atoms with Gasteiger partial charge in [-0.25, -0.2) is 4.57 Å². The molecule has 0 aliphatic rings. The van der Waals surface area contributed by atoms with Crippen LogP contribution >= 0.6 is 0 Å². The molecule has 0 radical (unpaired) electrons. The summed E-state index contributed by atoms with van der Waals surface area (Å²) in [5.74, 6) is 0. The van der Waals surface area contributed by atoms with Crippen molar-refractivity contribution < 1.29 is 13.7 Å². The van der Waals surface area contributed by atoms with Crippen molar-refractivity contribution in [2.75, 3.05) is 0 Å². The average molecular weight is 461 g/mol. The van der Waals surface area contributed by atoms with Crippen molar-refractivity contribution in [1.29, 1.82) is 0 Å². The van der Waals surface area contributed by atoms with Gasteiger partial charge in [0, 0.05) is 41.3 Å². The highest BCUT2D eigenvalue weighted by Crippen LogP contribution is 2.36. The third-order valence-corrected chi connectivity index (χ3v) is 7.47. The molecule has 0 N–H and O–H groups in total. The molecule has 0 saturated carbocycles. The van der Waals surface area contributed by atoms with Gasteiger partial charge in [0.05, 0.1) is 5.41 Å². The van der Waals surface area contributed by atoms with Crippen LogP contribution in [0.5, 0.6) is 0 Å². The first kappa shape index (κ1) is 22.9. The molecule has 0 aliphatic carbocycles. The van der Waals surface area contributed by atoms with Gasteiger partial charge < -0.3 is 0 Å². The predicted octanol–water partition coefficient (Wildman–Crippen LogP) is 5.28. The number of rotatable bonds is 4. The standard InChI is InChI=1S/C32H34N3/c1-23-26(30-21-24-13-7-8-14-25(24)22-34(30)5)15-11-16-27(23)32(2,3)31-19-12-18-29(35(31)6)28-17-9-10-20-33(28)4/h7-22H,1-6H3/q+3. The molecule has 0 fully saturated rings. The van der Waals surface area contributed by atoms with E-state index in [1.807, 2.05) is 0 Å². The van der Waals surface area contributed by atoms with Crippen molar-refractivity contribution in [2.45, 2.75) is 26.2 Å². The fourth-order valence-corrected chi connectivity index (χ4v) is 5.54. The van der Waals surface area contributed by atoms with Gasteiger partial charge >= 0.3 is 0 Å². The molecule has 3 heteroatoms. The first-order chi connectivity index (χ1) is 16.8. The molecular formula is C32H34N3+3. The Morgan fingerprint density at radius 1 is 0.629 bits per heavy atom. The van der Waals surface area contributed by atoms with E-state index in [4.69, 9.17) is 0 Å². The third-order valence-electron chi connectivity index (χ3n) is 7.47. The molecule has 0 amide bonds. The summed E-state index contributed by atoms with van der Waals surface area (Å²) >= 11 is 0. The van der Waals surface area contributed by atoms with Gasteiger partial charge in [0.2, 0.25) is 5.69 Å². The van der Waals surface area contributed by atoms with Crippen molar-refractivity contribution >= 4 is 10.8 Å². The summed E-state index contributed by atoms with van der Waals surface area (Å²) in [5, 5.41) is 2.52. The van der Waals surface area contributed by atoms with Gasteiger partial charge in [-0.15, -0.1) is 0 Å². The van der Waals surface area contributed by atoms with Gasteiger partial charge in [-0.2, -0.15) is 9.13 Å². The van der Waals surface area contributed by atoms with Crippen LogP contribution in [0.25, 0.3) is 33.4 Å². The van der Waals surface area contributed by atoms with Crippen LogP contribution in [-0.4, -0.2) is 0 Å². The molecule has 3 heterocycles. The Morgan fingerprint density at radius 3 is 2.09 bits per heavy atom. The lowest BCUT2D eigenvalue weighted by Crippen LogP contribution is -2.45. The monoisotopic (exact) mass is 460 g/mol. The molecule has 5 rings (SSSR count). The van der Waals surface area contributed by atoms with Gasteiger partial charge in [-0.3, -0.25) is 0 Å². The van der Waals surface area contributed by atoms with Gasteiger partial charge in [0.1, 0.15) is 21.1 Å². The number of pyridine rings is 3. The Bertz CT molecular complexity index is 1560. The molecule has 35 heavy (non-hydrogen) atoms. The molecule has 0 unspecified atom stereocenters. The van der Waals surface area contributed by atoms with Crippen molar-refractivity contribution in [3.63, 3.8) is 0 Å². The number of fused-ring (bicyclic) bond motifs is 1. The molecule has 2 aromatic carbocycles. The van der Waals surface area contributed by atoms with Crippen LogP contribution in [0.3, 0.4) is 0 Å². The molecule has 0 atom stereocenters. The normalized spacial score (nSPS) is 11.7. The van der Waals surface area contributed by atoms with Crippen LogP contribution in [0, 0.1) is 6.92 Å². The van der Waals surface area contributed by atoms with Crippen LogP contribution in [0.2, 0.25) is 0 Å². The number of benzene rings is 2. The largest absolute Gasteiger partial charge is 0.277 e. The van der Waals surface area contributed by atoms with E-state index in [1.165, 1.54) is 50.2 Å². The summed E-state index contributed by atoms with van der Waals surface area (Å²) in [6, 6.07) is 30.6. The summed E-state index contributed by atoms with van der Waals surface area (Å²) < 4.78 is 6.77. The fourth-order valence-electron chi connectivity index (χ4n) is 5.54. The quantitative estimate of drug-likeness (QED) is 0.323. The first-order valence-electron chi connectivity index (χ1n) is 12.2. The highest BCUT2D eigenvalue weighted by Gasteiger charge is 2.35. The zero-order valence-corrected chi connectivity index (χ0v) is 21.6. The van der Waals surface area contributed by atoms with Crippen molar-refractivity contribution in [3.05, 3.63) is 114 Å². The number of hydrogen-bond donors (Lipinski definition) is 0. The zero-order chi connectivity index (χ0) is 24.7. The van der Waals surface area contributed by atoms with Crippen LogP contribution in [0.1, 0.15) is 30.7 Å². The molecule has 3 nitrogen and oxygen atoms in total. The van der Waals surface area contributed by atoms with E-state index >= 15 is 0 Å². The van der Waals surface area contributed by atoms with Crippen molar-refractivity contribution in [1.82, 2.24) is 0 Å². The van der Waals surface area contributed by atoms with Crippen molar-refractivity contribution in [3.8, 4) is 22.6 Å². The number of aryl methyl sites for hydroxylation is 2. The lowest BCUT2D eigenvalue weighted by Gasteiger charge is -2.26. The summed E-state index contributed by atoms with van der Waals surface area (Å²) in [4.78, 5) is 0. The molecule has 174 valence electrons. The third kappa shape index (κ3) is 3.91.